The molecule has 15 heavy (non-hydrogen) atoms. The minimum atomic E-state index is 0.321. The fourth-order valence-electron chi connectivity index (χ4n) is 2.47. The van der Waals surface area contributed by atoms with Crippen molar-refractivity contribution in [3.8, 4) is 5.75 Å². The molecule has 3 N–H and O–H groups in total. The summed E-state index contributed by atoms with van der Waals surface area (Å²) in [6.07, 6.45) is 6.26. The summed E-state index contributed by atoms with van der Waals surface area (Å²) in [5.41, 5.74) is 8.41. The maximum absolute atomic E-state index is 10.0. The Kier molecular flexibility index (Phi) is 2.85. The summed E-state index contributed by atoms with van der Waals surface area (Å²) in [6.45, 7) is 1.93. The zero-order chi connectivity index (χ0) is 10.8. The van der Waals surface area contributed by atoms with Gasteiger partial charge in [0.05, 0.1) is 5.69 Å². The summed E-state index contributed by atoms with van der Waals surface area (Å²) in [7, 11) is 0. The van der Waals surface area contributed by atoms with Crippen LogP contribution in [0.1, 0.15) is 49.1 Å². The molecule has 0 aromatic heterocycles. The number of benzene rings is 1. The number of hydrogen-bond acceptors (Lipinski definition) is 2. The molecule has 0 radical (unpaired) electrons. The van der Waals surface area contributed by atoms with Crippen LogP contribution in [-0.4, -0.2) is 5.11 Å². The average molecular weight is 205 g/mol. The third-order valence-electron chi connectivity index (χ3n) is 3.51. The molecular weight excluding hydrogens is 186 g/mol. The van der Waals surface area contributed by atoms with Gasteiger partial charge in [-0.05, 0) is 36.8 Å². The highest BCUT2D eigenvalue weighted by Crippen LogP contribution is 2.40. The molecule has 0 unspecified atom stereocenters. The lowest BCUT2D eigenvalue weighted by molar-refractivity contribution is 0.415. The third kappa shape index (κ3) is 1.94. The molecule has 1 fully saturated rings. The summed E-state index contributed by atoms with van der Waals surface area (Å²) in [4.78, 5) is 0. The highest BCUT2D eigenvalue weighted by molar-refractivity contribution is 5.61. The highest BCUT2D eigenvalue weighted by atomic mass is 16.3. The molecule has 82 valence electrons. The molecule has 2 rings (SSSR count). The number of hydrogen-bond donors (Lipinski definition) is 2. The second-order valence-electron chi connectivity index (χ2n) is 4.57. The first kappa shape index (κ1) is 10.3. The van der Waals surface area contributed by atoms with Crippen LogP contribution in [0.5, 0.6) is 5.75 Å². The molecule has 0 amide bonds. The van der Waals surface area contributed by atoms with Crippen molar-refractivity contribution in [3.63, 3.8) is 0 Å². The van der Waals surface area contributed by atoms with Gasteiger partial charge in [-0.3, -0.25) is 0 Å². The number of aromatic hydroxyl groups is 1. The monoisotopic (exact) mass is 205 g/mol. The largest absolute Gasteiger partial charge is 0.505 e. The van der Waals surface area contributed by atoms with Crippen LogP contribution in [-0.2, 0) is 0 Å². The summed E-state index contributed by atoms with van der Waals surface area (Å²) < 4.78 is 0. The molecule has 1 aliphatic rings. The van der Waals surface area contributed by atoms with Gasteiger partial charge in [0.25, 0.3) is 0 Å². The molecule has 2 nitrogen and oxygen atoms in total. The molecule has 0 atom stereocenters. The minimum absolute atomic E-state index is 0.321. The van der Waals surface area contributed by atoms with Gasteiger partial charge in [-0.2, -0.15) is 0 Å². The molecule has 1 aromatic carbocycles. The van der Waals surface area contributed by atoms with E-state index in [1.165, 1.54) is 32.1 Å². The smallest absolute Gasteiger partial charge is 0.142 e. The molecule has 1 saturated carbocycles. The van der Waals surface area contributed by atoms with Gasteiger partial charge in [-0.25, -0.2) is 0 Å². The van der Waals surface area contributed by atoms with Crippen molar-refractivity contribution in [2.75, 3.05) is 5.73 Å². The molecule has 2 heteroatoms. The number of aryl methyl sites for hydroxylation is 1. The number of phenolic OH excluding ortho intramolecular Hbond substituents is 1. The van der Waals surface area contributed by atoms with Crippen LogP contribution in [0, 0.1) is 6.92 Å². The molecule has 0 aliphatic heterocycles. The van der Waals surface area contributed by atoms with E-state index in [1.54, 1.807) is 0 Å². The molecule has 1 aliphatic carbocycles. The molecule has 0 bridgehead atoms. The van der Waals surface area contributed by atoms with E-state index in [0.29, 0.717) is 17.4 Å². The Morgan fingerprint density at radius 1 is 1.20 bits per heavy atom. The molecule has 0 saturated heterocycles. The number of rotatable bonds is 1. The van der Waals surface area contributed by atoms with Crippen molar-refractivity contribution in [2.45, 2.75) is 44.9 Å². The van der Waals surface area contributed by atoms with Gasteiger partial charge in [0.2, 0.25) is 0 Å². The van der Waals surface area contributed by atoms with E-state index in [4.69, 9.17) is 5.73 Å². The predicted octanol–water partition coefficient (Wildman–Crippen LogP) is 3.33. The maximum Gasteiger partial charge on any atom is 0.142 e. The first-order chi connectivity index (χ1) is 7.20. The topological polar surface area (TPSA) is 46.2 Å². The lowest BCUT2D eigenvalue weighted by atomic mass is 9.83. The Labute approximate surface area is 91.1 Å². The predicted molar refractivity (Wildman–Crippen MR) is 63.1 cm³/mol. The summed E-state index contributed by atoms with van der Waals surface area (Å²) in [5.74, 6) is 0.837. The minimum Gasteiger partial charge on any atom is -0.505 e. The lowest BCUT2D eigenvalue weighted by Crippen LogP contribution is -2.06. The Morgan fingerprint density at radius 3 is 2.53 bits per heavy atom. The number of anilines is 1. The first-order valence-electron chi connectivity index (χ1n) is 5.78. The van der Waals surface area contributed by atoms with Crippen LogP contribution in [0.4, 0.5) is 5.69 Å². The van der Waals surface area contributed by atoms with E-state index < -0.39 is 0 Å². The molecule has 0 spiro atoms. The Morgan fingerprint density at radius 2 is 1.87 bits per heavy atom. The van der Waals surface area contributed by atoms with Crippen LogP contribution >= 0.6 is 0 Å². The molecular formula is C13H19NO. The molecule has 0 heterocycles. The fourth-order valence-corrected chi connectivity index (χ4v) is 2.47. The van der Waals surface area contributed by atoms with E-state index in [2.05, 4.69) is 0 Å². The fraction of sp³-hybridized carbons (Fsp3) is 0.538. The van der Waals surface area contributed by atoms with E-state index in [-0.39, 0.29) is 0 Å². The Balaban J connectivity index is 2.31. The highest BCUT2D eigenvalue weighted by Gasteiger charge is 2.19. The van der Waals surface area contributed by atoms with Crippen molar-refractivity contribution in [3.05, 3.63) is 23.3 Å². The number of phenols is 1. The average Bonchev–Trinajstić information content (AvgIpc) is 2.27. The molecule has 1 aromatic rings. The quantitative estimate of drug-likeness (QED) is 0.545. The van der Waals surface area contributed by atoms with Gasteiger partial charge in [0, 0.05) is 0 Å². The number of nitrogens with two attached hydrogens (primary N) is 1. The second-order valence-corrected chi connectivity index (χ2v) is 4.57. The zero-order valence-corrected chi connectivity index (χ0v) is 9.29. The van der Waals surface area contributed by atoms with Crippen molar-refractivity contribution >= 4 is 5.69 Å². The number of nitrogen functional groups attached to an aromatic ring is 1. The summed E-state index contributed by atoms with van der Waals surface area (Å²) in [5, 5.41) is 10.0. The van der Waals surface area contributed by atoms with Gasteiger partial charge in [0.15, 0.2) is 0 Å². The van der Waals surface area contributed by atoms with Crippen LogP contribution < -0.4 is 5.73 Å². The van der Waals surface area contributed by atoms with Crippen LogP contribution in [0.3, 0.4) is 0 Å². The van der Waals surface area contributed by atoms with Gasteiger partial charge in [0.1, 0.15) is 5.75 Å². The van der Waals surface area contributed by atoms with Crippen LogP contribution in [0.15, 0.2) is 12.1 Å². The van der Waals surface area contributed by atoms with E-state index in [1.807, 2.05) is 19.1 Å². The first-order valence-corrected chi connectivity index (χ1v) is 5.78. The van der Waals surface area contributed by atoms with Crippen molar-refractivity contribution in [2.24, 2.45) is 0 Å². The van der Waals surface area contributed by atoms with Crippen molar-refractivity contribution in [1.82, 2.24) is 0 Å². The third-order valence-corrected chi connectivity index (χ3v) is 3.51. The van der Waals surface area contributed by atoms with Crippen LogP contribution in [0.25, 0.3) is 0 Å². The van der Waals surface area contributed by atoms with E-state index in [9.17, 15) is 5.11 Å². The Bertz CT molecular complexity index is 354. The van der Waals surface area contributed by atoms with E-state index >= 15 is 0 Å². The SMILES string of the molecule is Cc1ccc(C2CCCCC2)c(O)c1N. The maximum atomic E-state index is 10.0. The standard InChI is InChI=1S/C13H19NO/c1-9-7-8-11(13(15)12(9)14)10-5-3-2-4-6-10/h7-8,10,15H,2-6,14H2,1H3. The van der Waals surface area contributed by atoms with E-state index in [0.717, 1.165) is 11.1 Å². The summed E-state index contributed by atoms with van der Waals surface area (Å²) in [6, 6.07) is 4.05. The van der Waals surface area contributed by atoms with Gasteiger partial charge < -0.3 is 10.8 Å². The van der Waals surface area contributed by atoms with Crippen molar-refractivity contribution in [1.29, 1.82) is 0 Å². The zero-order valence-electron chi connectivity index (χ0n) is 9.29. The second kappa shape index (κ2) is 4.13. The van der Waals surface area contributed by atoms with Crippen LogP contribution in [0.2, 0.25) is 0 Å². The Hall–Kier alpha value is -1.18. The van der Waals surface area contributed by atoms with Crippen molar-refractivity contribution < 1.29 is 5.11 Å². The lowest BCUT2D eigenvalue weighted by Gasteiger charge is -2.23. The van der Waals surface area contributed by atoms with Gasteiger partial charge >= 0.3 is 0 Å². The summed E-state index contributed by atoms with van der Waals surface area (Å²) >= 11 is 0. The normalized spacial score (nSPS) is 17.9. The van der Waals surface area contributed by atoms with Gasteiger partial charge in [-0.15, -0.1) is 0 Å². The van der Waals surface area contributed by atoms with Gasteiger partial charge in [-0.1, -0.05) is 31.4 Å².